The van der Waals surface area contributed by atoms with Crippen molar-refractivity contribution in [3.05, 3.63) is 41.7 Å². The van der Waals surface area contributed by atoms with Gasteiger partial charge in [0.25, 0.3) is 0 Å². The molecule has 1 aromatic heterocycles. The number of benzene rings is 1. The molecular formula is C11H10FN5. The van der Waals surface area contributed by atoms with Gasteiger partial charge in [0.2, 0.25) is 0 Å². The molecule has 2 aromatic rings. The molecule has 86 valence electrons. The second kappa shape index (κ2) is 4.61. The summed E-state index contributed by atoms with van der Waals surface area (Å²) in [4.78, 5) is 4.01. The van der Waals surface area contributed by atoms with Gasteiger partial charge in [0, 0.05) is 7.05 Å². The Hall–Kier alpha value is -2.42. The van der Waals surface area contributed by atoms with Gasteiger partial charge in [-0.25, -0.2) is 9.37 Å². The molecule has 5 nitrogen and oxygen atoms in total. The first-order valence-electron chi connectivity index (χ1n) is 4.97. The van der Waals surface area contributed by atoms with Gasteiger partial charge >= 0.3 is 0 Å². The summed E-state index contributed by atoms with van der Waals surface area (Å²) in [6, 6.07) is 6.16. The lowest BCUT2D eigenvalue weighted by Crippen LogP contribution is -2.07. The minimum atomic E-state index is -0.453. The Bertz CT molecular complexity index is 569. The molecule has 0 bridgehead atoms. The third-order valence-electron chi connectivity index (χ3n) is 2.34. The monoisotopic (exact) mass is 231 g/mol. The van der Waals surface area contributed by atoms with E-state index in [9.17, 15) is 4.39 Å². The fourth-order valence-electron chi connectivity index (χ4n) is 1.38. The summed E-state index contributed by atoms with van der Waals surface area (Å²) in [5, 5.41) is 15.4. The van der Waals surface area contributed by atoms with Gasteiger partial charge in [0.15, 0.2) is 0 Å². The van der Waals surface area contributed by atoms with Gasteiger partial charge in [-0.3, -0.25) is 4.68 Å². The van der Waals surface area contributed by atoms with Crippen molar-refractivity contribution < 1.29 is 4.39 Å². The van der Waals surface area contributed by atoms with E-state index in [0.29, 0.717) is 23.6 Å². The first kappa shape index (κ1) is 11.1. The first-order chi connectivity index (χ1) is 8.20. The molecule has 1 N–H and O–H groups in total. The number of aromatic nitrogens is 3. The van der Waals surface area contributed by atoms with Gasteiger partial charge in [0.1, 0.15) is 18.0 Å². The van der Waals surface area contributed by atoms with Crippen LogP contribution in [0.2, 0.25) is 0 Å². The van der Waals surface area contributed by atoms with Gasteiger partial charge in [-0.2, -0.15) is 10.4 Å². The molecule has 0 amide bonds. The highest BCUT2D eigenvalue weighted by Gasteiger charge is 2.05. The van der Waals surface area contributed by atoms with Crippen molar-refractivity contribution in [1.82, 2.24) is 14.8 Å². The second-order valence-electron chi connectivity index (χ2n) is 3.46. The number of rotatable bonds is 3. The molecule has 2 rings (SSSR count). The number of anilines is 1. The summed E-state index contributed by atoms with van der Waals surface area (Å²) in [5.74, 6) is 0.250. The SMILES string of the molecule is Cn1ncnc1CNc1ccc(C#N)cc1F. The molecule has 0 aliphatic heterocycles. The number of aryl methyl sites for hydroxylation is 1. The lowest BCUT2D eigenvalue weighted by molar-refractivity contribution is 0.628. The smallest absolute Gasteiger partial charge is 0.147 e. The van der Waals surface area contributed by atoms with Crippen molar-refractivity contribution in [3.8, 4) is 6.07 Å². The van der Waals surface area contributed by atoms with Gasteiger partial charge < -0.3 is 5.32 Å². The number of hydrogen-bond donors (Lipinski definition) is 1. The van der Waals surface area contributed by atoms with Crippen LogP contribution in [0.1, 0.15) is 11.4 Å². The topological polar surface area (TPSA) is 66.5 Å². The predicted molar refractivity (Wildman–Crippen MR) is 59.4 cm³/mol. The van der Waals surface area contributed by atoms with Crippen LogP contribution in [-0.4, -0.2) is 14.8 Å². The van der Waals surface area contributed by atoms with Gasteiger partial charge in [-0.05, 0) is 18.2 Å². The van der Waals surface area contributed by atoms with E-state index in [2.05, 4.69) is 15.4 Å². The Morgan fingerprint density at radius 2 is 2.35 bits per heavy atom. The molecule has 0 saturated carbocycles. The quantitative estimate of drug-likeness (QED) is 0.867. The third kappa shape index (κ3) is 2.39. The third-order valence-corrected chi connectivity index (χ3v) is 2.34. The minimum absolute atomic E-state index is 0.298. The standard InChI is InChI=1S/C11H10FN5/c1-17-11(15-7-16-17)6-14-10-3-2-8(5-13)4-9(10)12/h2-4,7,14H,6H2,1H3. The molecule has 0 aliphatic rings. The van der Waals surface area contributed by atoms with Crippen LogP contribution in [0.5, 0.6) is 0 Å². The van der Waals surface area contributed by atoms with Crippen LogP contribution in [0.25, 0.3) is 0 Å². The van der Waals surface area contributed by atoms with Crippen LogP contribution in [0.3, 0.4) is 0 Å². The molecule has 0 aliphatic carbocycles. The van der Waals surface area contributed by atoms with Gasteiger partial charge in [0.05, 0.1) is 23.9 Å². The number of nitrogens with one attached hydrogen (secondary N) is 1. The number of nitrogens with zero attached hydrogens (tertiary/aromatic N) is 4. The average Bonchev–Trinajstić information content (AvgIpc) is 2.73. The fourth-order valence-corrected chi connectivity index (χ4v) is 1.38. The normalized spacial score (nSPS) is 9.94. The average molecular weight is 231 g/mol. The van der Waals surface area contributed by atoms with Crippen molar-refractivity contribution in [2.45, 2.75) is 6.54 Å². The van der Waals surface area contributed by atoms with E-state index in [0.717, 1.165) is 0 Å². The highest BCUT2D eigenvalue weighted by atomic mass is 19.1. The van der Waals surface area contributed by atoms with Crippen LogP contribution in [0, 0.1) is 17.1 Å². The van der Waals surface area contributed by atoms with Crippen LogP contribution >= 0.6 is 0 Å². The molecule has 0 radical (unpaired) electrons. The van der Waals surface area contributed by atoms with Crippen LogP contribution in [0.4, 0.5) is 10.1 Å². The lowest BCUT2D eigenvalue weighted by atomic mass is 10.2. The van der Waals surface area contributed by atoms with Crippen molar-refractivity contribution in [2.75, 3.05) is 5.32 Å². The zero-order chi connectivity index (χ0) is 12.3. The van der Waals surface area contributed by atoms with E-state index in [1.807, 2.05) is 6.07 Å². The van der Waals surface area contributed by atoms with E-state index < -0.39 is 5.82 Å². The number of hydrogen-bond acceptors (Lipinski definition) is 4. The lowest BCUT2D eigenvalue weighted by Gasteiger charge is -2.06. The maximum absolute atomic E-state index is 13.5. The van der Waals surface area contributed by atoms with Crippen LogP contribution in [-0.2, 0) is 13.6 Å². The van der Waals surface area contributed by atoms with Gasteiger partial charge in [-0.15, -0.1) is 0 Å². The zero-order valence-corrected chi connectivity index (χ0v) is 9.18. The molecule has 0 atom stereocenters. The van der Waals surface area contributed by atoms with Crippen molar-refractivity contribution >= 4 is 5.69 Å². The van der Waals surface area contributed by atoms with Gasteiger partial charge in [-0.1, -0.05) is 0 Å². The second-order valence-corrected chi connectivity index (χ2v) is 3.46. The number of halogens is 1. The molecule has 0 spiro atoms. The van der Waals surface area contributed by atoms with Crippen LogP contribution in [0.15, 0.2) is 24.5 Å². The summed E-state index contributed by atoms with van der Waals surface area (Å²) in [7, 11) is 1.76. The molecule has 6 heteroatoms. The molecule has 1 aromatic carbocycles. The highest BCUT2D eigenvalue weighted by Crippen LogP contribution is 2.15. The Balaban J connectivity index is 2.10. The van der Waals surface area contributed by atoms with E-state index in [-0.39, 0.29) is 0 Å². The summed E-state index contributed by atoms with van der Waals surface area (Å²) in [6.45, 7) is 0.374. The number of nitriles is 1. The summed E-state index contributed by atoms with van der Waals surface area (Å²) in [5.41, 5.74) is 0.638. The Kier molecular flexibility index (Phi) is 3.01. The van der Waals surface area contributed by atoms with Crippen molar-refractivity contribution in [1.29, 1.82) is 5.26 Å². The summed E-state index contributed by atoms with van der Waals surface area (Å²) < 4.78 is 15.1. The Labute approximate surface area is 97.5 Å². The fraction of sp³-hybridized carbons (Fsp3) is 0.182. The molecule has 0 fully saturated rings. The molecular weight excluding hydrogens is 221 g/mol. The molecule has 0 unspecified atom stereocenters. The van der Waals surface area contributed by atoms with Crippen molar-refractivity contribution in [2.24, 2.45) is 7.05 Å². The zero-order valence-electron chi connectivity index (χ0n) is 9.18. The predicted octanol–water partition coefficient (Wildman–Crippen LogP) is 1.44. The van der Waals surface area contributed by atoms with Crippen LogP contribution < -0.4 is 5.32 Å². The molecule has 1 heterocycles. The maximum atomic E-state index is 13.5. The molecule has 0 saturated heterocycles. The van der Waals surface area contributed by atoms with E-state index >= 15 is 0 Å². The first-order valence-corrected chi connectivity index (χ1v) is 4.97. The minimum Gasteiger partial charge on any atom is -0.375 e. The Morgan fingerprint density at radius 1 is 1.53 bits per heavy atom. The van der Waals surface area contributed by atoms with Crippen molar-refractivity contribution in [3.63, 3.8) is 0 Å². The maximum Gasteiger partial charge on any atom is 0.147 e. The van der Waals surface area contributed by atoms with E-state index in [1.165, 1.54) is 18.5 Å². The highest BCUT2D eigenvalue weighted by molar-refractivity contribution is 5.48. The van der Waals surface area contributed by atoms with E-state index in [1.54, 1.807) is 17.8 Å². The summed E-state index contributed by atoms with van der Waals surface area (Å²) >= 11 is 0. The van der Waals surface area contributed by atoms with E-state index in [4.69, 9.17) is 5.26 Å². The largest absolute Gasteiger partial charge is 0.375 e. The Morgan fingerprint density at radius 3 is 2.94 bits per heavy atom. The molecule has 17 heavy (non-hydrogen) atoms. The summed E-state index contributed by atoms with van der Waals surface area (Å²) in [6.07, 6.45) is 1.44.